The van der Waals surface area contributed by atoms with Crippen molar-refractivity contribution in [2.24, 2.45) is 0 Å². The molecule has 1 fully saturated rings. The topological polar surface area (TPSA) is 12.9 Å². The lowest BCUT2D eigenvalue weighted by Gasteiger charge is -2.11. The van der Waals surface area contributed by atoms with E-state index in [-0.39, 0.29) is 0 Å². The number of aromatic nitrogens is 1. The molecule has 1 nitrogen and oxygen atoms in total. The average molecular weight is 203 g/mol. The van der Waals surface area contributed by atoms with Crippen LogP contribution in [0.5, 0.6) is 0 Å². The zero-order valence-corrected chi connectivity index (χ0v) is 10.1. The predicted octanol–water partition coefficient (Wildman–Crippen LogP) is 4.03. The predicted molar refractivity (Wildman–Crippen MR) is 64.3 cm³/mol. The van der Waals surface area contributed by atoms with Crippen LogP contribution in [0.4, 0.5) is 0 Å². The monoisotopic (exact) mass is 203 g/mol. The summed E-state index contributed by atoms with van der Waals surface area (Å²) >= 11 is 0. The molecule has 1 saturated carbocycles. The molecule has 0 aromatic carbocycles. The highest BCUT2D eigenvalue weighted by molar-refractivity contribution is 5.30. The normalized spacial score (nSPS) is 16.0. The van der Waals surface area contributed by atoms with Gasteiger partial charge in [-0.25, -0.2) is 0 Å². The van der Waals surface area contributed by atoms with Crippen LogP contribution in [0, 0.1) is 0 Å². The van der Waals surface area contributed by atoms with Crippen molar-refractivity contribution < 1.29 is 0 Å². The maximum Gasteiger partial charge on any atom is 0.0469 e. The second kappa shape index (κ2) is 4.34. The average Bonchev–Trinajstić information content (AvgIpc) is 3.02. The molecule has 0 aliphatic heterocycles. The van der Waals surface area contributed by atoms with Crippen molar-refractivity contribution in [2.75, 3.05) is 0 Å². The molecular weight excluding hydrogens is 182 g/mol. The maximum absolute atomic E-state index is 4.85. The van der Waals surface area contributed by atoms with Crippen molar-refractivity contribution in [2.45, 2.75) is 58.3 Å². The van der Waals surface area contributed by atoms with Gasteiger partial charge in [0.15, 0.2) is 0 Å². The molecule has 1 aliphatic carbocycles. The highest BCUT2D eigenvalue weighted by Gasteiger charge is 2.27. The molecule has 1 aromatic heterocycles. The largest absolute Gasteiger partial charge is 0.257 e. The third kappa shape index (κ3) is 2.39. The molecule has 0 atom stereocenters. The fourth-order valence-electron chi connectivity index (χ4n) is 2.03. The third-order valence-corrected chi connectivity index (χ3v) is 3.11. The summed E-state index contributed by atoms with van der Waals surface area (Å²) in [5.74, 6) is 1.34. The first kappa shape index (κ1) is 10.7. The Morgan fingerprint density at radius 3 is 2.60 bits per heavy atom. The van der Waals surface area contributed by atoms with Crippen LogP contribution in [0.1, 0.15) is 68.8 Å². The van der Waals surface area contributed by atoms with Crippen LogP contribution in [-0.4, -0.2) is 4.98 Å². The van der Waals surface area contributed by atoms with Gasteiger partial charge in [-0.15, -0.1) is 0 Å². The van der Waals surface area contributed by atoms with Crippen LogP contribution in [-0.2, 0) is 6.42 Å². The Labute approximate surface area is 92.9 Å². The zero-order chi connectivity index (χ0) is 10.8. The molecule has 0 amide bonds. The summed E-state index contributed by atoms with van der Waals surface area (Å²) in [6.07, 6.45) is 5.12. The van der Waals surface area contributed by atoms with Crippen LogP contribution in [0.25, 0.3) is 0 Å². The van der Waals surface area contributed by atoms with Gasteiger partial charge in [-0.05, 0) is 36.8 Å². The van der Waals surface area contributed by atoms with Crippen molar-refractivity contribution in [3.05, 3.63) is 29.1 Å². The Balaban J connectivity index is 2.31. The van der Waals surface area contributed by atoms with Crippen LogP contribution in [0.2, 0.25) is 0 Å². The van der Waals surface area contributed by atoms with Crippen molar-refractivity contribution in [3.63, 3.8) is 0 Å². The summed E-state index contributed by atoms with van der Waals surface area (Å²) < 4.78 is 0. The molecule has 82 valence electrons. The lowest BCUT2D eigenvalue weighted by Crippen LogP contribution is -2.01. The molecule has 1 heteroatoms. The first-order chi connectivity index (χ1) is 7.22. The molecule has 0 bridgehead atoms. The number of nitrogens with zero attached hydrogens (tertiary/aromatic N) is 1. The van der Waals surface area contributed by atoms with E-state index < -0.39 is 0 Å². The summed E-state index contributed by atoms with van der Waals surface area (Å²) in [5.41, 5.74) is 4.16. The van der Waals surface area contributed by atoms with E-state index in [1.165, 1.54) is 42.6 Å². The van der Waals surface area contributed by atoms with E-state index in [0.29, 0.717) is 5.92 Å². The van der Waals surface area contributed by atoms with Crippen molar-refractivity contribution in [1.29, 1.82) is 0 Å². The number of pyridine rings is 1. The van der Waals surface area contributed by atoms with Gasteiger partial charge < -0.3 is 0 Å². The smallest absolute Gasteiger partial charge is 0.0469 e. The van der Waals surface area contributed by atoms with Crippen LogP contribution in [0.3, 0.4) is 0 Å². The van der Waals surface area contributed by atoms with E-state index in [4.69, 9.17) is 4.98 Å². The van der Waals surface area contributed by atoms with Gasteiger partial charge >= 0.3 is 0 Å². The molecule has 0 saturated heterocycles. The number of hydrogen-bond acceptors (Lipinski definition) is 1. The third-order valence-electron chi connectivity index (χ3n) is 3.11. The summed E-state index contributed by atoms with van der Waals surface area (Å²) in [5, 5.41) is 0. The Morgan fingerprint density at radius 1 is 1.33 bits per heavy atom. The standard InChI is InChI=1S/C14H21N/c1-4-5-11-8-9-13(10(2)3)15-14(11)12-6-7-12/h8-10,12H,4-7H2,1-3H3. The lowest BCUT2D eigenvalue weighted by atomic mass is 10.0. The van der Waals surface area contributed by atoms with Gasteiger partial charge in [0.1, 0.15) is 0 Å². The van der Waals surface area contributed by atoms with Gasteiger partial charge in [0, 0.05) is 17.3 Å². The second-order valence-electron chi connectivity index (χ2n) is 4.96. The molecule has 1 aliphatic rings. The SMILES string of the molecule is CCCc1ccc(C(C)C)nc1C1CC1. The molecule has 1 aromatic rings. The fourth-order valence-corrected chi connectivity index (χ4v) is 2.03. The Morgan fingerprint density at radius 2 is 2.07 bits per heavy atom. The minimum absolute atomic E-state index is 0.554. The quantitative estimate of drug-likeness (QED) is 0.719. The molecule has 1 heterocycles. The van der Waals surface area contributed by atoms with Crippen molar-refractivity contribution in [1.82, 2.24) is 4.98 Å². The van der Waals surface area contributed by atoms with E-state index >= 15 is 0 Å². The van der Waals surface area contributed by atoms with Gasteiger partial charge in [0.2, 0.25) is 0 Å². The zero-order valence-electron chi connectivity index (χ0n) is 10.1. The van der Waals surface area contributed by atoms with Crippen molar-refractivity contribution in [3.8, 4) is 0 Å². The van der Waals surface area contributed by atoms with E-state index in [0.717, 1.165) is 5.92 Å². The molecule has 0 radical (unpaired) electrons. The molecule has 0 N–H and O–H groups in total. The summed E-state index contributed by atoms with van der Waals surface area (Å²) in [6, 6.07) is 4.51. The van der Waals surface area contributed by atoms with Crippen molar-refractivity contribution >= 4 is 0 Å². The fraction of sp³-hybridized carbons (Fsp3) is 0.643. The molecule has 0 unspecified atom stereocenters. The second-order valence-corrected chi connectivity index (χ2v) is 4.96. The van der Waals surface area contributed by atoms with Gasteiger partial charge in [-0.3, -0.25) is 4.98 Å². The first-order valence-electron chi connectivity index (χ1n) is 6.22. The highest BCUT2D eigenvalue weighted by atomic mass is 14.7. The summed E-state index contributed by atoms with van der Waals surface area (Å²) in [6.45, 7) is 6.68. The first-order valence-corrected chi connectivity index (χ1v) is 6.22. The number of aryl methyl sites for hydroxylation is 1. The Bertz CT molecular complexity index is 337. The van der Waals surface area contributed by atoms with E-state index in [1.807, 2.05) is 0 Å². The summed E-state index contributed by atoms with van der Waals surface area (Å²) in [4.78, 5) is 4.85. The Hall–Kier alpha value is -0.850. The molecule has 2 rings (SSSR count). The van der Waals surface area contributed by atoms with Gasteiger partial charge in [-0.2, -0.15) is 0 Å². The van der Waals surface area contributed by atoms with Gasteiger partial charge in [-0.1, -0.05) is 33.3 Å². The van der Waals surface area contributed by atoms with Crippen LogP contribution in [0.15, 0.2) is 12.1 Å². The molecule has 0 spiro atoms. The maximum atomic E-state index is 4.85. The van der Waals surface area contributed by atoms with Crippen LogP contribution >= 0.6 is 0 Å². The van der Waals surface area contributed by atoms with Gasteiger partial charge in [0.25, 0.3) is 0 Å². The van der Waals surface area contributed by atoms with Crippen LogP contribution < -0.4 is 0 Å². The highest BCUT2D eigenvalue weighted by Crippen LogP contribution is 2.41. The minimum Gasteiger partial charge on any atom is -0.257 e. The van der Waals surface area contributed by atoms with E-state index in [1.54, 1.807) is 0 Å². The minimum atomic E-state index is 0.554. The number of hydrogen-bond donors (Lipinski definition) is 0. The summed E-state index contributed by atoms with van der Waals surface area (Å²) in [7, 11) is 0. The van der Waals surface area contributed by atoms with E-state index in [2.05, 4.69) is 32.9 Å². The molecular formula is C14H21N. The Kier molecular flexibility index (Phi) is 3.08. The van der Waals surface area contributed by atoms with Gasteiger partial charge in [0.05, 0.1) is 0 Å². The van der Waals surface area contributed by atoms with E-state index in [9.17, 15) is 0 Å². The lowest BCUT2D eigenvalue weighted by molar-refractivity contribution is 0.787. The number of rotatable bonds is 4. The molecule has 15 heavy (non-hydrogen) atoms.